The Morgan fingerprint density at radius 3 is 2.44 bits per heavy atom. The number of oxazole rings is 1. The fourth-order valence-electron chi connectivity index (χ4n) is 4.98. The van der Waals surface area contributed by atoms with Gasteiger partial charge in [0.1, 0.15) is 16.9 Å². The highest BCUT2D eigenvalue weighted by atomic mass is 35.5. The van der Waals surface area contributed by atoms with Crippen molar-refractivity contribution < 1.29 is 18.7 Å². The van der Waals surface area contributed by atoms with E-state index in [1.54, 1.807) is 36.9 Å². The molecule has 11 heteroatoms. The standard InChI is InChI=1S/C30H39N5O4.2ClH/c1-7-35-26-12-11-24(18-27(26)33(6)28(36)30(4,5)29(35)37)38-17-9-15-34(16-13-23-10-8-14-31-19-23)20-25-21(2)39-22(3)32-25;;/h8,10-12,14,18-19H,7,9,13,15-17,20H2,1-6H3;2*1H. The minimum absolute atomic E-state index is 0. The topological polar surface area (TPSA) is 92.0 Å². The Morgan fingerprint density at radius 1 is 1.05 bits per heavy atom. The van der Waals surface area contributed by atoms with Crippen LogP contribution in [0.25, 0.3) is 0 Å². The summed E-state index contributed by atoms with van der Waals surface area (Å²) >= 11 is 0. The van der Waals surface area contributed by atoms with Crippen LogP contribution in [0.4, 0.5) is 11.4 Å². The zero-order valence-corrected chi connectivity index (χ0v) is 26.3. The van der Waals surface area contributed by atoms with Crippen molar-refractivity contribution >= 4 is 48.0 Å². The smallest absolute Gasteiger partial charge is 0.242 e. The maximum atomic E-state index is 13.1. The highest BCUT2D eigenvalue weighted by Gasteiger charge is 2.45. The summed E-state index contributed by atoms with van der Waals surface area (Å²) in [5, 5.41) is 0. The number of halogens is 2. The monoisotopic (exact) mass is 605 g/mol. The molecule has 0 bridgehead atoms. The van der Waals surface area contributed by atoms with E-state index in [0.717, 1.165) is 43.1 Å². The molecule has 0 aliphatic carbocycles. The van der Waals surface area contributed by atoms with E-state index in [2.05, 4.69) is 20.9 Å². The second-order valence-electron chi connectivity index (χ2n) is 10.5. The van der Waals surface area contributed by atoms with E-state index >= 15 is 0 Å². The predicted octanol–water partition coefficient (Wildman–Crippen LogP) is 5.40. The molecule has 1 aromatic carbocycles. The fraction of sp³-hybridized carbons (Fsp3) is 0.467. The van der Waals surface area contributed by atoms with Gasteiger partial charge in [-0.1, -0.05) is 6.07 Å². The van der Waals surface area contributed by atoms with Crippen molar-refractivity contribution in [1.82, 2.24) is 14.9 Å². The van der Waals surface area contributed by atoms with Crippen molar-refractivity contribution in [2.45, 2.75) is 54.0 Å². The van der Waals surface area contributed by atoms with Crippen molar-refractivity contribution in [3.05, 3.63) is 65.6 Å². The predicted molar refractivity (Wildman–Crippen MR) is 165 cm³/mol. The maximum absolute atomic E-state index is 13.1. The zero-order valence-electron chi connectivity index (χ0n) is 24.7. The summed E-state index contributed by atoms with van der Waals surface area (Å²) < 4.78 is 11.8. The SMILES string of the molecule is CCN1C(=O)C(C)(C)C(=O)N(C)c2cc(OCCCN(CCc3cccnc3)Cc3nc(C)oc3C)ccc21.Cl.Cl. The van der Waals surface area contributed by atoms with Crippen LogP contribution in [0.15, 0.2) is 47.1 Å². The first-order valence-corrected chi connectivity index (χ1v) is 13.5. The van der Waals surface area contributed by atoms with Gasteiger partial charge in [0.05, 0.1) is 23.7 Å². The van der Waals surface area contributed by atoms with Crippen molar-refractivity contribution in [1.29, 1.82) is 0 Å². The average molecular weight is 607 g/mol. The first-order valence-electron chi connectivity index (χ1n) is 13.5. The van der Waals surface area contributed by atoms with E-state index in [4.69, 9.17) is 9.15 Å². The van der Waals surface area contributed by atoms with Gasteiger partial charge in [-0.3, -0.25) is 19.5 Å². The van der Waals surface area contributed by atoms with E-state index in [-0.39, 0.29) is 36.6 Å². The van der Waals surface area contributed by atoms with Crippen LogP contribution in [0.1, 0.15) is 50.1 Å². The average Bonchev–Trinajstić information content (AvgIpc) is 3.23. The summed E-state index contributed by atoms with van der Waals surface area (Å²) in [5.41, 5.74) is 2.41. The third kappa shape index (κ3) is 7.78. The molecule has 9 nitrogen and oxygen atoms in total. The first-order chi connectivity index (χ1) is 18.6. The minimum Gasteiger partial charge on any atom is -0.493 e. The van der Waals surface area contributed by atoms with Crippen LogP contribution in [0, 0.1) is 19.3 Å². The van der Waals surface area contributed by atoms with Gasteiger partial charge in [0.2, 0.25) is 11.8 Å². The molecule has 41 heavy (non-hydrogen) atoms. The van der Waals surface area contributed by atoms with Gasteiger partial charge in [0.15, 0.2) is 5.89 Å². The lowest BCUT2D eigenvalue weighted by atomic mass is 9.90. The number of hydrogen-bond acceptors (Lipinski definition) is 7. The Hall–Kier alpha value is -3.14. The summed E-state index contributed by atoms with van der Waals surface area (Å²) in [6, 6.07) is 9.64. The quantitative estimate of drug-likeness (QED) is 0.213. The Labute approximate surface area is 255 Å². The molecular weight excluding hydrogens is 565 g/mol. The number of amides is 2. The summed E-state index contributed by atoms with van der Waals surface area (Å²) in [6.45, 7) is 12.5. The molecule has 0 spiro atoms. The van der Waals surface area contributed by atoms with Gasteiger partial charge in [-0.2, -0.15) is 0 Å². The van der Waals surface area contributed by atoms with Crippen molar-refractivity contribution in [2.75, 3.05) is 43.1 Å². The van der Waals surface area contributed by atoms with Crippen LogP contribution in [0.5, 0.6) is 5.75 Å². The molecule has 2 amide bonds. The zero-order chi connectivity index (χ0) is 28.2. The molecule has 2 aromatic heterocycles. The molecule has 4 rings (SSSR count). The highest BCUT2D eigenvalue weighted by Crippen LogP contribution is 2.40. The van der Waals surface area contributed by atoms with Gasteiger partial charge in [-0.25, -0.2) is 4.98 Å². The normalized spacial score (nSPS) is 14.3. The number of ether oxygens (including phenoxy) is 1. The molecule has 0 radical (unpaired) electrons. The van der Waals surface area contributed by atoms with Gasteiger partial charge in [0.25, 0.3) is 0 Å². The number of aromatic nitrogens is 2. The Morgan fingerprint density at radius 2 is 1.80 bits per heavy atom. The molecule has 3 aromatic rings. The molecule has 0 saturated heterocycles. The molecular formula is C30H41Cl2N5O4. The number of pyridine rings is 1. The minimum atomic E-state index is -1.13. The van der Waals surface area contributed by atoms with Crippen molar-refractivity contribution in [3.8, 4) is 5.75 Å². The second-order valence-corrected chi connectivity index (χ2v) is 10.5. The number of carbonyl (C=O) groups is 2. The third-order valence-corrected chi connectivity index (χ3v) is 7.23. The second kappa shape index (κ2) is 14.7. The molecule has 1 aliphatic heterocycles. The number of rotatable bonds is 11. The van der Waals surface area contributed by atoms with Gasteiger partial charge >= 0.3 is 0 Å². The largest absolute Gasteiger partial charge is 0.493 e. The number of hydrogen-bond donors (Lipinski definition) is 0. The van der Waals surface area contributed by atoms with E-state index in [1.165, 1.54) is 5.56 Å². The highest BCUT2D eigenvalue weighted by molar-refractivity contribution is 6.20. The van der Waals surface area contributed by atoms with Crippen LogP contribution in [0.2, 0.25) is 0 Å². The molecule has 0 atom stereocenters. The summed E-state index contributed by atoms with van der Waals surface area (Å²) in [4.78, 5) is 40.6. The molecule has 1 aliphatic rings. The lowest BCUT2D eigenvalue weighted by molar-refractivity contribution is -0.137. The van der Waals surface area contributed by atoms with Crippen LogP contribution in [-0.4, -0.2) is 60.0 Å². The Kier molecular flexibility index (Phi) is 12.2. The number of aryl methyl sites for hydroxylation is 2. The van der Waals surface area contributed by atoms with Crippen LogP contribution < -0.4 is 14.5 Å². The van der Waals surface area contributed by atoms with Crippen molar-refractivity contribution in [3.63, 3.8) is 0 Å². The molecule has 0 N–H and O–H groups in total. The number of carbonyl (C=O) groups excluding carboxylic acids is 2. The number of anilines is 2. The van der Waals surface area contributed by atoms with Crippen LogP contribution in [-0.2, 0) is 22.6 Å². The van der Waals surface area contributed by atoms with E-state index in [0.29, 0.717) is 37.0 Å². The number of benzene rings is 1. The third-order valence-electron chi connectivity index (χ3n) is 7.23. The molecule has 3 heterocycles. The van der Waals surface area contributed by atoms with Gasteiger partial charge in [-0.15, -0.1) is 24.8 Å². The van der Waals surface area contributed by atoms with Crippen molar-refractivity contribution in [2.24, 2.45) is 5.41 Å². The summed E-state index contributed by atoms with van der Waals surface area (Å²) in [5.74, 6) is 1.77. The molecule has 0 fully saturated rings. The van der Waals surface area contributed by atoms with Crippen LogP contribution >= 0.6 is 24.8 Å². The van der Waals surface area contributed by atoms with Gasteiger partial charge in [0, 0.05) is 58.6 Å². The summed E-state index contributed by atoms with van der Waals surface area (Å²) in [7, 11) is 1.72. The summed E-state index contributed by atoms with van der Waals surface area (Å²) in [6.07, 6.45) is 5.39. The lowest BCUT2D eigenvalue weighted by Gasteiger charge is -2.27. The Bertz CT molecular complexity index is 1320. The van der Waals surface area contributed by atoms with Crippen LogP contribution in [0.3, 0.4) is 0 Å². The molecule has 0 unspecified atom stereocenters. The Balaban J connectivity index is 0.00000294. The van der Waals surface area contributed by atoms with E-state index in [9.17, 15) is 9.59 Å². The lowest BCUT2D eigenvalue weighted by Crippen LogP contribution is -2.47. The van der Waals surface area contributed by atoms with E-state index < -0.39 is 5.41 Å². The first kappa shape index (κ1) is 34.1. The number of fused-ring (bicyclic) bond motifs is 1. The molecule has 0 saturated carbocycles. The number of nitrogens with zero attached hydrogens (tertiary/aromatic N) is 5. The fourth-order valence-corrected chi connectivity index (χ4v) is 4.98. The molecule has 224 valence electrons. The van der Waals surface area contributed by atoms with E-state index in [1.807, 2.05) is 51.2 Å². The maximum Gasteiger partial charge on any atom is 0.242 e. The van der Waals surface area contributed by atoms with Gasteiger partial charge in [-0.05, 0) is 64.3 Å². The van der Waals surface area contributed by atoms with Gasteiger partial charge < -0.3 is 19.0 Å².